The Bertz CT molecular complexity index is 233. The first kappa shape index (κ1) is 8.17. The van der Waals surface area contributed by atoms with Crippen molar-refractivity contribution in [2.24, 2.45) is 5.73 Å². The van der Waals surface area contributed by atoms with E-state index >= 15 is 0 Å². The number of nitrogens with one attached hydrogen (secondary N) is 1. The smallest absolute Gasteiger partial charge is 0.0935 e. The molecule has 1 aromatic carbocycles. The highest BCUT2D eigenvalue weighted by Gasteiger charge is 1.91. The summed E-state index contributed by atoms with van der Waals surface area (Å²) in [5.41, 5.74) is 6.31. The summed E-state index contributed by atoms with van der Waals surface area (Å²) in [6.45, 7) is 0.393. The standard InChI is InChI=1S/C8H10N2S/c9-6-8(11)10-7-4-2-1-3-5-7/h1-5H,6,9H2,(H,10,11). The molecule has 0 fully saturated rings. The fourth-order valence-corrected chi connectivity index (χ4v) is 0.851. The number of hydrogen-bond acceptors (Lipinski definition) is 2. The second-order valence-electron chi connectivity index (χ2n) is 2.12. The minimum absolute atomic E-state index is 0.393. The van der Waals surface area contributed by atoms with E-state index in [2.05, 4.69) is 5.32 Å². The van der Waals surface area contributed by atoms with Crippen LogP contribution in [-0.2, 0) is 0 Å². The monoisotopic (exact) mass is 166 g/mol. The summed E-state index contributed by atoms with van der Waals surface area (Å²) in [5.74, 6) is 0. The molecule has 3 heteroatoms. The van der Waals surface area contributed by atoms with Crippen molar-refractivity contribution >= 4 is 22.9 Å². The second-order valence-corrected chi connectivity index (χ2v) is 2.61. The maximum Gasteiger partial charge on any atom is 0.0935 e. The number of para-hydroxylation sites is 1. The van der Waals surface area contributed by atoms with E-state index in [1.165, 1.54) is 0 Å². The molecule has 0 heterocycles. The molecule has 0 aliphatic carbocycles. The summed E-state index contributed by atoms with van der Waals surface area (Å²) in [5, 5.41) is 3.00. The number of hydrogen-bond donors (Lipinski definition) is 2. The summed E-state index contributed by atoms with van der Waals surface area (Å²) < 4.78 is 0. The quantitative estimate of drug-likeness (QED) is 0.652. The summed E-state index contributed by atoms with van der Waals surface area (Å²) in [6.07, 6.45) is 0. The lowest BCUT2D eigenvalue weighted by atomic mass is 10.3. The van der Waals surface area contributed by atoms with Crippen LogP contribution in [0.25, 0.3) is 0 Å². The van der Waals surface area contributed by atoms with Gasteiger partial charge in [0.05, 0.1) is 4.99 Å². The van der Waals surface area contributed by atoms with Gasteiger partial charge >= 0.3 is 0 Å². The molecule has 0 spiro atoms. The fraction of sp³-hybridized carbons (Fsp3) is 0.125. The lowest BCUT2D eigenvalue weighted by Crippen LogP contribution is -2.19. The summed E-state index contributed by atoms with van der Waals surface area (Å²) in [7, 11) is 0. The Morgan fingerprint density at radius 2 is 2.00 bits per heavy atom. The second kappa shape index (κ2) is 4.05. The van der Waals surface area contributed by atoms with Crippen molar-refractivity contribution in [1.29, 1.82) is 0 Å². The fourth-order valence-electron chi connectivity index (χ4n) is 0.734. The van der Waals surface area contributed by atoms with Gasteiger partial charge in [-0.1, -0.05) is 30.4 Å². The predicted molar refractivity (Wildman–Crippen MR) is 51.7 cm³/mol. The van der Waals surface area contributed by atoms with Crippen molar-refractivity contribution in [2.45, 2.75) is 0 Å². The number of nitrogens with two attached hydrogens (primary N) is 1. The van der Waals surface area contributed by atoms with Crippen LogP contribution in [0.15, 0.2) is 30.3 Å². The number of rotatable bonds is 2. The van der Waals surface area contributed by atoms with E-state index in [0.29, 0.717) is 11.5 Å². The Morgan fingerprint density at radius 1 is 1.36 bits per heavy atom. The Hall–Kier alpha value is -0.930. The van der Waals surface area contributed by atoms with Crippen molar-refractivity contribution in [3.63, 3.8) is 0 Å². The highest BCUT2D eigenvalue weighted by atomic mass is 32.1. The van der Waals surface area contributed by atoms with Gasteiger partial charge < -0.3 is 11.1 Å². The molecule has 2 nitrogen and oxygen atoms in total. The van der Waals surface area contributed by atoms with Gasteiger partial charge in [-0.25, -0.2) is 0 Å². The number of anilines is 1. The maximum atomic E-state index is 5.32. The molecule has 0 radical (unpaired) electrons. The lowest BCUT2D eigenvalue weighted by molar-refractivity contribution is 1.32. The van der Waals surface area contributed by atoms with Crippen molar-refractivity contribution in [3.05, 3.63) is 30.3 Å². The van der Waals surface area contributed by atoms with Crippen molar-refractivity contribution in [3.8, 4) is 0 Å². The van der Waals surface area contributed by atoms with Crippen LogP contribution in [0.4, 0.5) is 5.69 Å². The first-order valence-electron chi connectivity index (χ1n) is 3.38. The van der Waals surface area contributed by atoms with Gasteiger partial charge in [0.2, 0.25) is 0 Å². The van der Waals surface area contributed by atoms with Gasteiger partial charge in [-0.2, -0.15) is 0 Å². The van der Waals surface area contributed by atoms with Gasteiger partial charge in [-0.05, 0) is 12.1 Å². The molecule has 0 aromatic heterocycles. The van der Waals surface area contributed by atoms with Gasteiger partial charge in [0.15, 0.2) is 0 Å². The largest absolute Gasteiger partial charge is 0.349 e. The molecular weight excluding hydrogens is 156 g/mol. The highest BCUT2D eigenvalue weighted by molar-refractivity contribution is 7.80. The molecule has 1 rings (SSSR count). The van der Waals surface area contributed by atoms with E-state index in [1.807, 2.05) is 30.3 Å². The molecule has 0 bridgehead atoms. The summed E-state index contributed by atoms with van der Waals surface area (Å²) in [6, 6.07) is 9.74. The van der Waals surface area contributed by atoms with E-state index in [0.717, 1.165) is 5.69 Å². The Balaban J connectivity index is 2.58. The molecule has 0 saturated carbocycles. The van der Waals surface area contributed by atoms with Crippen LogP contribution in [0.2, 0.25) is 0 Å². The molecular formula is C8H10N2S. The summed E-state index contributed by atoms with van der Waals surface area (Å²) in [4.78, 5) is 0.663. The highest BCUT2D eigenvalue weighted by Crippen LogP contribution is 2.04. The molecule has 3 N–H and O–H groups in total. The SMILES string of the molecule is NCC(=S)Nc1ccccc1. The third-order valence-corrected chi connectivity index (χ3v) is 1.51. The van der Waals surface area contributed by atoms with E-state index in [4.69, 9.17) is 18.0 Å². The van der Waals surface area contributed by atoms with E-state index in [-0.39, 0.29) is 0 Å². The van der Waals surface area contributed by atoms with Crippen LogP contribution in [0, 0.1) is 0 Å². The minimum Gasteiger partial charge on any atom is -0.349 e. The molecule has 0 amide bonds. The van der Waals surface area contributed by atoms with E-state index in [1.54, 1.807) is 0 Å². The van der Waals surface area contributed by atoms with Crippen LogP contribution in [0.1, 0.15) is 0 Å². The Kier molecular flexibility index (Phi) is 3.01. The number of benzene rings is 1. The predicted octanol–water partition coefficient (Wildman–Crippen LogP) is 1.38. The average Bonchev–Trinajstić information content (AvgIpc) is 2.06. The van der Waals surface area contributed by atoms with Crippen LogP contribution < -0.4 is 11.1 Å². The maximum absolute atomic E-state index is 5.32. The first-order chi connectivity index (χ1) is 5.33. The molecule has 0 aliphatic rings. The van der Waals surface area contributed by atoms with Crippen LogP contribution in [-0.4, -0.2) is 11.5 Å². The van der Waals surface area contributed by atoms with Gasteiger partial charge in [-0.3, -0.25) is 0 Å². The molecule has 11 heavy (non-hydrogen) atoms. The molecule has 0 unspecified atom stereocenters. The zero-order valence-corrected chi connectivity index (χ0v) is 6.90. The average molecular weight is 166 g/mol. The lowest BCUT2D eigenvalue weighted by Gasteiger charge is -2.03. The Morgan fingerprint density at radius 3 is 2.55 bits per heavy atom. The zero-order chi connectivity index (χ0) is 8.10. The zero-order valence-electron chi connectivity index (χ0n) is 6.08. The Labute approximate surface area is 71.4 Å². The molecule has 0 atom stereocenters. The van der Waals surface area contributed by atoms with E-state index < -0.39 is 0 Å². The van der Waals surface area contributed by atoms with E-state index in [9.17, 15) is 0 Å². The number of thiocarbonyl (C=S) groups is 1. The third-order valence-electron chi connectivity index (χ3n) is 1.24. The van der Waals surface area contributed by atoms with Crippen molar-refractivity contribution in [1.82, 2.24) is 0 Å². The topological polar surface area (TPSA) is 38.0 Å². The summed E-state index contributed by atoms with van der Waals surface area (Å²) >= 11 is 4.90. The van der Waals surface area contributed by atoms with Crippen LogP contribution in [0.5, 0.6) is 0 Å². The molecule has 58 valence electrons. The van der Waals surface area contributed by atoms with Gasteiger partial charge in [0, 0.05) is 12.2 Å². The minimum atomic E-state index is 0.393. The third kappa shape index (κ3) is 2.65. The van der Waals surface area contributed by atoms with Crippen molar-refractivity contribution < 1.29 is 0 Å². The van der Waals surface area contributed by atoms with Crippen molar-refractivity contribution in [2.75, 3.05) is 11.9 Å². The van der Waals surface area contributed by atoms with Gasteiger partial charge in [-0.15, -0.1) is 0 Å². The normalized spacial score (nSPS) is 9.18. The molecule has 0 saturated heterocycles. The van der Waals surface area contributed by atoms with Gasteiger partial charge in [0.1, 0.15) is 0 Å². The van der Waals surface area contributed by atoms with Crippen LogP contribution in [0.3, 0.4) is 0 Å². The molecule has 0 aliphatic heterocycles. The van der Waals surface area contributed by atoms with Gasteiger partial charge in [0.25, 0.3) is 0 Å². The van der Waals surface area contributed by atoms with Crippen LogP contribution >= 0.6 is 12.2 Å². The first-order valence-corrected chi connectivity index (χ1v) is 3.78. The molecule has 1 aromatic rings.